The molecule has 0 bridgehead atoms. The van der Waals surface area contributed by atoms with Crippen molar-refractivity contribution in [2.75, 3.05) is 24.5 Å². The maximum Gasteiger partial charge on any atom is 0.357 e. The zero-order valence-corrected chi connectivity index (χ0v) is 12.1. The van der Waals surface area contributed by atoms with Crippen LogP contribution in [0.5, 0.6) is 0 Å². The number of ether oxygens (including phenoxy) is 2. The molecule has 0 saturated carbocycles. The van der Waals surface area contributed by atoms with Gasteiger partial charge in [-0.05, 0) is 32.0 Å². The van der Waals surface area contributed by atoms with Crippen LogP contribution in [0.2, 0.25) is 0 Å². The summed E-state index contributed by atoms with van der Waals surface area (Å²) in [4.78, 5) is 25.3. The minimum atomic E-state index is -1.56. The Morgan fingerprint density at radius 2 is 1.91 bits per heavy atom. The third kappa shape index (κ3) is 2.77. The second-order valence-corrected chi connectivity index (χ2v) is 5.10. The Labute approximate surface area is 127 Å². The highest BCUT2D eigenvalue weighted by molar-refractivity contribution is 5.93. The van der Waals surface area contributed by atoms with Gasteiger partial charge < -0.3 is 14.8 Å². The largest absolute Gasteiger partial charge is 0.399 e. The van der Waals surface area contributed by atoms with E-state index in [2.05, 4.69) is 15.5 Å². The van der Waals surface area contributed by atoms with Gasteiger partial charge in [-0.1, -0.05) is 0 Å². The lowest BCUT2D eigenvalue weighted by atomic mass is 10.3. The van der Waals surface area contributed by atoms with E-state index in [0.717, 1.165) is 24.3 Å². The molecule has 8 nitrogen and oxygen atoms in total. The number of nitrogens with one attached hydrogen (secondary N) is 1. The summed E-state index contributed by atoms with van der Waals surface area (Å²) in [6, 6.07) is 3.56. The average Bonchev–Trinajstić information content (AvgIpc) is 2.77. The molecule has 3 rings (SSSR count). The molecule has 116 valence electrons. The van der Waals surface area contributed by atoms with Gasteiger partial charge in [-0.3, -0.25) is 4.90 Å². The Hall–Kier alpha value is -2.48. The maximum atomic E-state index is 11.8. The van der Waals surface area contributed by atoms with Gasteiger partial charge in [0.15, 0.2) is 5.82 Å². The van der Waals surface area contributed by atoms with Crippen molar-refractivity contribution in [2.24, 2.45) is 0 Å². The topological polar surface area (TPSA) is 93.7 Å². The summed E-state index contributed by atoms with van der Waals surface area (Å²) in [6.07, 6.45) is 2.89. The van der Waals surface area contributed by atoms with Crippen molar-refractivity contribution < 1.29 is 19.1 Å². The number of hydrogen-bond acceptors (Lipinski definition) is 8. The van der Waals surface area contributed by atoms with Crippen LogP contribution < -0.4 is 10.2 Å². The number of hydrogen-bond donors (Lipinski definition) is 1. The zero-order chi connectivity index (χ0) is 15.6. The molecule has 1 aromatic rings. The number of rotatable bonds is 1. The Bertz CT molecular complexity index is 594. The van der Waals surface area contributed by atoms with E-state index in [1.54, 1.807) is 17.0 Å². The molecule has 2 aliphatic rings. The quantitative estimate of drug-likeness (QED) is 0.719. The molecule has 0 aromatic carbocycles. The Balaban J connectivity index is 2.01. The molecule has 0 unspecified atom stereocenters. The third-order valence-electron chi connectivity index (χ3n) is 3.43. The van der Waals surface area contributed by atoms with E-state index in [1.807, 2.05) is 6.92 Å². The lowest BCUT2D eigenvalue weighted by Crippen LogP contribution is -2.59. The molecule has 1 saturated heterocycles. The SMILES string of the molecule is Cc1ccc(N2CCCNCC23OC(=O)C=CC(=O)O3)nn1. The predicted octanol–water partition coefficient (Wildman–Crippen LogP) is -0.105. The lowest BCUT2D eigenvalue weighted by molar-refractivity contribution is -0.217. The summed E-state index contributed by atoms with van der Waals surface area (Å²) in [5, 5.41) is 11.3. The molecule has 1 N–H and O–H groups in total. The van der Waals surface area contributed by atoms with E-state index < -0.39 is 17.8 Å². The van der Waals surface area contributed by atoms with E-state index >= 15 is 0 Å². The molecule has 1 aromatic heterocycles. The van der Waals surface area contributed by atoms with Crippen LogP contribution in [0.1, 0.15) is 12.1 Å². The smallest absolute Gasteiger partial charge is 0.357 e. The molecular weight excluding hydrogens is 288 g/mol. The first-order valence-electron chi connectivity index (χ1n) is 7.02. The van der Waals surface area contributed by atoms with E-state index in [9.17, 15) is 9.59 Å². The van der Waals surface area contributed by atoms with Gasteiger partial charge in [-0.25, -0.2) is 9.59 Å². The van der Waals surface area contributed by atoms with E-state index in [-0.39, 0.29) is 6.54 Å². The van der Waals surface area contributed by atoms with Gasteiger partial charge in [-0.15, -0.1) is 5.10 Å². The maximum absolute atomic E-state index is 11.8. The average molecular weight is 304 g/mol. The van der Waals surface area contributed by atoms with Crippen LogP contribution in [0, 0.1) is 6.92 Å². The molecular formula is C14H16N4O4. The minimum Gasteiger partial charge on any atom is -0.399 e. The summed E-state index contributed by atoms with van der Waals surface area (Å²) in [5.41, 5.74) is 0.766. The van der Waals surface area contributed by atoms with Gasteiger partial charge in [0, 0.05) is 18.7 Å². The summed E-state index contributed by atoms with van der Waals surface area (Å²) in [5.74, 6) is -2.35. The molecule has 1 spiro atoms. The number of aromatic nitrogens is 2. The lowest BCUT2D eigenvalue weighted by Gasteiger charge is -2.39. The van der Waals surface area contributed by atoms with Crippen LogP contribution in [0.3, 0.4) is 0 Å². The fraction of sp³-hybridized carbons (Fsp3) is 0.429. The Morgan fingerprint density at radius 3 is 2.55 bits per heavy atom. The number of carbonyl (C=O) groups excluding carboxylic acids is 2. The van der Waals surface area contributed by atoms with Gasteiger partial charge >= 0.3 is 17.8 Å². The first kappa shape index (κ1) is 14.5. The van der Waals surface area contributed by atoms with E-state index in [1.165, 1.54) is 0 Å². The first-order valence-corrected chi connectivity index (χ1v) is 7.02. The minimum absolute atomic E-state index is 0.154. The van der Waals surface area contributed by atoms with Gasteiger partial charge in [0.2, 0.25) is 0 Å². The number of nitrogens with zero attached hydrogens (tertiary/aromatic N) is 3. The van der Waals surface area contributed by atoms with Crippen molar-refractivity contribution in [1.29, 1.82) is 0 Å². The fourth-order valence-corrected chi connectivity index (χ4v) is 2.42. The van der Waals surface area contributed by atoms with Crippen LogP contribution >= 0.6 is 0 Å². The van der Waals surface area contributed by atoms with E-state index in [0.29, 0.717) is 18.9 Å². The summed E-state index contributed by atoms with van der Waals surface area (Å²) >= 11 is 0. The van der Waals surface area contributed by atoms with Crippen LogP contribution in [0.25, 0.3) is 0 Å². The van der Waals surface area contributed by atoms with Crippen molar-refractivity contribution in [3.8, 4) is 0 Å². The Morgan fingerprint density at radius 1 is 1.18 bits per heavy atom. The highest BCUT2D eigenvalue weighted by atomic mass is 16.8. The fourth-order valence-electron chi connectivity index (χ4n) is 2.42. The monoisotopic (exact) mass is 304 g/mol. The summed E-state index contributed by atoms with van der Waals surface area (Å²) < 4.78 is 10.8. The van der Waals surface area contributed by atoms with Crippen LogP contribution in [-0.4, -0.2) is 47.7 Å². The van der Waals surface area contributed by atoms with Crippen molar-refractivity contribution in [1.82, 2.24) is 15.5 Å². The number of aryl methyl sites for hydroxylation is 1. The van der Waals surface area contributed by atoms with Crippen molar-refractivity contribution >= 4 is 17.8 Å². The van der Waals surface area contributed by atoms with Crippen LogP contribution in [-0.2, 0) is 19.1 Å². The zero-order valence-electron chi connectivity index (χ0n) is 12.1. The number of carbonyl (C=O) groups is 2. The van der Waals surface area contributed by atoms with Crippen molar-refractivity contribution in [3.63, 3.8) is 0 Å². The molecule has 0 radical (unpaired) electrons. The summed E-state index contributed by atoms with van der Waals surface area (Å²) in [7, 11) is 0. The van der Waals surface area contributed by atoms with Crippen LogP contribution in [0.15, 0.2) is 24.3 Å². The number of anilines is 1. The third-order valence-corrected chi connectivity index (χ3v) is 3.43. The highest BCUT2D eigenvalue weighted by Crippen LogP contribution is 2.28. The van der Waals surface area contributed by atoms with Gasteiger partial charge in [-0.2, -0.15) is 5.10 Å². The molecule has 3 heterocycles. The summed E-state index contributed by atoms with van der Waals surface area (Å²) in [6.45, 7) is 3.19. The second-order valence-electron chi connectivity index (χ2n) is 5.10. The second kappa shape index (κ2) is 5.72. The van der Waals surface area contributed by atoms with Crippen molar-refractivity contribution in [2.45, 2.75) is 19.3 Å². The predicted molar refractivity (Wildman–Crippen MR) is 75.7 cm³/mol. The molecule has 1 fully saturated rings. The molecule has 0 aliphatic carbocycles. The number of esters is 2. The normalized spacial score (nSPS) is 21.0. The van der Waals surface area contributed by atoms with Crippen LogP contribution in [0.4, 0.5) is 5.82 Å². The first-order chi connectivity index (χ1) is 10.6. The highest BCUT2D eigenvalue weighted by Gasteiger charge is 2.47. The van der Waals surface area contributed by atoms with Crippen molar-refractivity contribution in [3.05, 3.63) is 30.0 Å². The Kier molecular flexibility index (Phi) is 3.76. The molecule has 0 atom stereocenters. The molecule has 8 heteroatoms. The van der Waals surface area contributed by atoms with E-state index in [4.69, 9.17) is 9.47 Å². The standard InChI is InChI=1S/C14H16N4O4/c1-10-3-4-11(17-16-10)18-8-2-7-15-9-14(18)21-12(19)5-6-13(20)22-14/h3-6,15H,2,7-9H2,1H3. The van der Waals surface area contributed by atoms with Gasteiger partial charge in [0.25, 0.3) is 0 Å². The molecule has 22 heavy (non-hydrogen) atoms. The van der Waals surface area contributed by atoms with Gasteiger partial charge in [0.1, 0.15) is 0 Å². The molecule has 0 amide bonds. The van der Waals surface area contributed by atoms with Gasteiger partial charge in [0.05, 0.1) is 12.2 Å². The molecule has 2 aliphatic heterocycles.